The lowest BCUT2D eigenvalue weighted by molar-refractivity contribution is 0.0997. The van der Waals surface area contributed by atoms with Crippen molar-refractivity contribution in [3.8, 4) is 5.75 Å². The molecule has 0 radical (unpaired) electrons. The minimum Gasteiger partial charge on any atom is -0.496 e. The van der Waals surface area contributed by atoms with E-state index in [0.29, 0.717) is 11.3 Å². The van der Waals surface area contributed by atoms with Crippen molar-refractivity contribution in [3.05, 3.63) is 23.8 Å². The minimum atomic E-state index is -0.477. The molecule has 1 fully saturated rings. The molecule has 0 bridgehead atoms. The van der Waals surface area contributed by atoms with Gasteiger partial charge in [-0.3, -0.25) is 4.79 Å². The molecular formula is C12H16N2O3. The number of benzene rings is 1. The third-order valence-corrected chi connectivity index (χ3v) is 2.83. The fraction of sp³-hybridized carbons (Fsp3) is 0.417. The molecule has 1 saturated heterocycles. The second-order valence-electron chi connectivity index (χ2n) is 3.85. The van der Waals surface area contributed by atoms with E-state index in [2.05, 4.69) is 4.90 Å². The van der Waals surface area contributed by atoms with Crippen LogP contribution in [0, 0.1) is 0 Å². The number of ether oxygens (including phenoxy) is 2. The fourth-order valence-corrected chi connectivity index (χ4v) is 1.90. The molecule has 5 nitrogen and oxygen atoms in total. The van der Waals surface area contributed by atoms with Gasteiger partial charge >= 0.3 is 0 Å². The Balaban J connectivity index is 2.27. The summed E-state index contributed by atoms with van der Waals surface area (Å²) in [5.41, 5.74) is 6.70. The van der Waals surface area contributed by atoms with Crippen LogP contribution in [0.4, 0.5) is 5.69 Å². The minimum absolute atomic E-state index is 0.407. The van der Waals surface area contributed by atoms with Gasteiger partial charge in [0.25, 0.3) is 5.91 Å². The SMILES string of the molecule is COc1cc(N2CCOCC2)ccc1C(N)=O. The van der Waals surface area contributed by atoms with Crippen molar-refractivity contribution < 1.29 is 14.3 Å². The first kappa shape index (κ1) is 11.7. The summed E-state index contributed by atoms with van der Waals surface area (Å²) in [5.74, 6) is 0.0388. The lowest BCUT2D eigenvalue weighted by Gasteiger charge is -2.29. The van der Waals surface area contributed by atoms with Crippen LogP contribution in [0.15, 0.2) is 18.2 Å². The molecule has 0 aromatic heterocycles. The smallest absolute Gasteiger partial charge is 0.252 e. The number of hydrogen-bond acceptors (Lipinski definition) is 4. The predicted octanol–water partition coefficient (Wildman–Crippen LogP) is 0.631. The van der Waals surface area contributed by atoms with Crippen LogP contribution < -0.4 is 15.4 Å². The molecule has 0 aliphatic carbocycles. The molecular weight excluding hydrogens is 220 g/mol. The zero-order valence-electron chi connectivity index (χ0n) is 9.81. The third-order valence-electron chi connectivity index (χ3n) is 2.83. The number of primary amides is 1. The van der Waals surface area contributed by atoms with Crippen molar-refractivity contribution in [1.29, 1.82) is 0 Å². The molecule has 17 heavy (non-hydrogen) atoms. The zero-order valence-corrected chi connectivity index (χ0v) is 9.81. The Kier molecular flexibility index (Phi) is 3.49. The van der Waals surface area contributed by atoms with Crippen LogP contribution in [0.2, 0.25) is 0 Å². The molecule has 1 amide bonds. The van der Waals surface area contributed by atoms with E-state index in [0.717, 1.165) is 32.0 Å². The van der Waals surface area contributed by atoms with E-state index in [1.807, 2.05) is 12.1 Å². The van der Waals surface area contributed by atoms with Gasteiger partial charge in [-0.2, -0.15) is 0 Å². The molecule has 1 aliphatic heterocycles. The highest BCUT2D eigenvalue weighted by atomic mass is 16.5. The molecule has 0 atom stereocenters. The van der Waals surface area contributed by atoms with Crippen molar-refractivity contribution >= 4 is 11.6 Å². The van der Waals surface area contributed by atoms with Crippen LogP contribution in [0.25, 0.3) is 0 Å². The van der Waals surface area contributed by atoms with Crippen LogP contribution >= 0.6 is 0 Å². The Bertz CT molecular complexity index is 414. The highest BCUT2D eigenvalue weighted by Gasteiger charge is 2.15. The Morgan fingerprint density at radius 1 is 1.41 bits per heavy atom. The van der Waals surface area contributed by atoms with Crippen molar-refractivity contribution in [2.75, 3.05) is 38.3 Å². The maximum Gasteiger partial charge on any atom is 0.252 e. The number of morpholine rings is 1. The monoisotopic (exact) mass is 236 g/mol. The molecule has 0 unspecified atom stereocenters. The topological polar surface area (TPSA) is 64.8 Å². The van der Waals surface area contributed by atoms with Gasteiger partial charge in [0.05, 0.1) is 25.9 Å². The first-order chi connectivity index (χ1) is 8.22. The molecule has 1 aromatic rings. The highest BCUT2D eigenvalue weighted by molar-refractivity contribution is 5.96. The second kappa shape index (κ2) is 5.05. The standard InChI is InChI=1S/C12H16N2O3/c1-16-11-8-9(2-3-10(11)12(13)15)14-4-6-17-7-5-14/h2-3,8H,4-7H2,1H3,(H2,13,15). The van der Waals surface area contributed by atoms with E-state index >= 15 is 0 Å². The number of methoxy groups -OCH3 is 1. The van der Waals surface area contributed by atoms with Crippen LogP contribution in [-0.2, 0) is 4.74 Å². The van der Waals surface area contributed by atoms with Gasteiger partial charge in [0.2, 0.25) is 0 Å². The molecule has 2 N–H and O–H groups in total. The van der Waals surface area contributed by atoms with Gasteiger partial charge in [0.1, 0.15) is 5.75 Å². The first-order valence-corrected chi connectivity index (χ1v) is 5.53. The summed E-state index contributed by atoms with van der Waals surface area (Å²) < 4.78 is 10.5. The zero-order chi connectivity index (χ0) is 12.3. The predicted molar refractivity (Wildman–Crippen MR) is 64.5 cm³/mol. The lowest BCUT2D eigenvalue weighted by Crippen LogP contribution is -2.36. The van der Waals surface area contributed by atoms with Gasteiger partial charge in [-0.1, -0.05) is 0 Å². The molecule has 1 heterocycles. The second-order valence-corrected chi connectivity index (χ2v) is 3.85. The molecule has 0 spiro atoms. The quantitative estimate of drug-likeness (QED) is 0.836. The van der Waals surface area contributed by atoms with Crippen LogP contribution in [0.1, 0.15) is 10.4 Å². The summed E-state index contributed by atoms with van der Waals surface area (Å²) in [6, 6.07) is 5.42. The summed E-state index contributed by atoms with van der Waals surface area (Å²) in [4.78, 5) is 13.4. The van der Waals surface area contributed by atoms with Gasteiger partial charge in [-0.05, 0) is 12.1 Å². The third kappa shape index (κ3) is 2.50. The summed E-state index contributed by atoms with van der Waals surface area (Å²) >= 11 is 0. The van der Waals surface area contributed by atoms with Crippen molar-refractivity contribution in [2.45, 2.75) is 0 Å². The van der Waals surface area contributed by atoms with Crippen molar-refractivity contribution in [3.63, 3.8) is 0 Å². The molecule has 1 aromatic carbocycles. The van der Waals surface area contributed by atoms with Crippen LogP contribution in [0.3, 0.4) is 0 Å². The van der Waals surface area contributed by atoms with Crippen molar-refractivity contribution in [2.24, 2.45) is 5.73 Å². The van der Waals surface area contributed by atoms with Gasteiger partial charge in [0, 0.05) is 24.8 Å². The number of nitrogens with zero attached hydrogens (tertiary/aromatic N) is 1. The van der Waals surface area contributed by atoms with E-state index in [9.17, 15) is 4.79 Å². The number of rotatable bonds is 3. The molecule has 5 heteroatoms. The summed E-state index contributed by atoms with van der Waals surface area (Å²) in [7, 11) is 1.53. The maximum absolute atomic E-state index is 11.2. The van der Waals surface area contributed by atoms with E-state index < -0.39 is 5.91 Å². The lowest BCUT2D eigenvalue weighted by atomic mass is 10.1. The molecule has 92 valence electrons. The summed E-state index contributed by atoms with van der Waals surface area (Å²) in [6.45, 7) is 3.14. The molecule has 2 rings (SSSR count). The largest absolute Gasteiger partial charge is 0.496 e. The van der Waals surface area contributed by atoms with E-state index in [4.69, 9.17) is 15.2 Å². The van der Waals surface area contributed by atoms with Gasteiger partial charge < -0.3 is 20.1 Å². The Morgan fingerprint density at radius 3 is 2.71 bits per heavy atom. The van der Waals surface area contributed by atoms with Crippen molar-refractivity contribution in [1.82, 2.24) is 0 Å². The highest BCUT2D eigenvalue weighted by Crippen LogP contribution is 2.25. The summed E-state index contributed by atoms with van der Waals surface area (Å²) in [5, 5.41) is 0. The normalized spacial score (nSPS) is 15.7. The average molecular weight is 236 g/mol. The number of amides is 1. The Hall–Kier alpha value is -1.75. The van der Waals surface area contributed by atoms with Crippen LogP contribution in [0.5, 0.6) is 5.75 Å². The maximum atomic E-state index is 11.2. The van der Waals surface area contributed by atoms with Gasteiger partial charge in [0.15, 0.2) is 0 Å². The molecule has 1 aliphatic rings. The van der Waals surface area contributed by atoms with E-state index in [1.54, 1.807) is 6.07 Å². The van der Waals surface area contributed by atoms with Gasteiger partial charge in [-0.15, -0.1) is 0 Å². The number of nitrogens with two attached hydrogens (primary N) is 1. The van der Waals surface area contributed by atoms with E-state index in [-0.39, 0.29) is 0 Å². The van der Waals surface area contributed by atoms with E-state index in [1.165, 1.54) is 7.11 Å². The number of hydrogen-bond donors (Lipinski definition) is 1. The average Bonchev–Trinajstić information content (AvgIpc) is 2.39. The number of carbonyl (C=O) groups excluding carboxylic acids is 1. The first-order valence-electron chi connectivity index (χ1n) is 5.53. The number of anilines is 1. The Morgan fingerprint density at radius 2 is 2.12 bits per heavy atom. The van der Waals surface area contributed by atoms with Gasteiger partial charge in [-0.25, -0.2) is 0 Å². The number of carbonyl (C=O) groups is 1. The summed E-state index contributed by atoms with van der Waals surface area (Å²) in [6.07, 6.45) is 0. The fourth-order valence-electron chi connectivity index (χ4n) is 1.90. The van der Waals surface area contributed by atoms with Crippen LogP contribution in [-0.4, -0.2) is 39.3 Å². The Labute approximate surface area is 100 Å². The molecule has 0 saturated carbocycles.